The van der Waals surface area contributed by atoms with Crippen LogP contribution in [0.3, 0.4) is 0 Å². The number of amides is 2. The van der Waals surface area contributed by atoms with Crippen LogP contribution in [0.25, 0.3) is 5.70 Å². The number of nitrogens with zero attached hydrogens (tertiary/aromatic N) is 2. The average molecular weight is 638 g/mol. The molecule has 0 saturated heterocycles. The number of hydrogen-bond donors (Lipinski definition) is 5. The molecule has 1 aromatic heterocycles. The van der Waals surface area contributed by atoms with Crippen molar-refractivity contribution in [3.8, 4) is 0 Å². The number of nitrogens with one attached hydrogen (secondary N) is 3. The summed E-state index contributed by atoms with van der Waals surface area (Å²) in [5.41, 5.74) is 2.05. The van der Waals surface area contributed by atoms with Gasteiger partial charge in [0.2, 0.25) is 0 Å². The molecule has 2 heterocycles. The molecule has 2 rings (SSSR count). The summed E-state index contributed by atoms with van der Waals surface area (Å²) in [5, 5.41) is 32.4. The standard InChI is InChI=1S/C34H44FN5O6/c1-8-10-26(16-28-20-46-25(7)33(44)39-28)17-36-23(5)22(4)15-30(40-24(6)29(35)19-38-40)34(45)37-18-27(11-9-2)31(41)14-21(3)12-13-32(42)43/h8-10,12-13,15-16,19-21,25,27,31,36,41H,2,4-5,11,14,17-18H2,1,3,6-7H3,(H,37,45)(H,39,44)(H,42,43)/b10-8-,13-12+,26-16+,30-15-/t21?,25?,27?,31-/m1/s1. The predicted molar refractivity (Wildman–Crippen MR) is 175 cm³/mol. The normalized spacial score (nSPS) is 17.5. The second-order valence-corrected chi connectivity index (χ2v) is 10.9. The van der Waals surface area contributed by atoms with Crippen molar-refractivity contribution < 1.29 is 33.7 Å². The fraction of sp³-hybridized carbons (Fsp3) is 0.353. The van der Waals surface area contributed by atoms with Gasteiger partial charge in [-0.3, -0.25) is 9.59 Å². The summed E-state index contributed by atoms with van der Waals surface area (Å²) < 4.78 is 20.8. The summed E-state index contributed by atoms with van der Waals surface area (Å²) in [7, 11) is 0. The Bertz CT molecular complexity index is 1470. The molecule has 0 spiro atoms. The zero-order valence-electron chi connectivity index (χ0n) is 26.8. The van der Waals surface area contributed by atoms with Crippen LogP contribution in [0.15, 0.2) is 97.3 Å². The van der Waals surface area contributed by atoms with E-state index in [2.05, 4.69) is 40.8 Å². The third-order valence-corrected chi connectivity index (χ3v) is 7.09. The number of aliphatic carboxylic acids is 1. The largest absolute Gasteiger partial charge is 0.486 e. The van der Waals surface area contributed by atoms with E-state index in [1.807, 2.05) is 19.1 Å². The van der Waals surface area contributed by atoms with Gasteiger partial charge in [0.1, 0.15) is 12.0 Å². The van der Waals surface area contributed by atoms with Crippen LogP contribution in [0.1, 0.15) is 39.3 Å². The lowest BCUT2D eigenvalue weighted by Gasteiger charge is -2.24. The van der Waals surface area contributed by atoms with Gasteiger partial charge in [-0.2, -0.15) is 5.10 Å². The molecule has 11 nitrogen and oxygen atoms in total. The number of carboxylic acid groups (broad SMARTS) is 1. The number of aliphatic hydroxyl groups excluding tert-OH is 1. The average Bonchev–Trinajstić information content (AvgIpc) is 3.34. The third-order valence-electron chi connectivity index (χ3n) is 7.09. The van der Waals surface area contributed by atoms with Gasteiger partial charge in [0.25, 0.3) is 11.8 Å². The zero-order chi connectivity index (χ0) is 34.4. The van der Waals surface area contributed by atoms with Crippen LogP contribution in [0.2, 0.25) is 0 Å². The molecule has 4 atom stereocenters. The monoisotopic (exact) mass is 637 g/mol. The van der Waals surface area contributed by atoms with E-state index in [0.717, 1.165) is 22.5 Å². The molecule has 0 saturated carbocycles. The molecule has 0 aliphatic carbocycles. The Morgan fingerprint density at radius 1 is 1.28 bits per heavy atom. The van der Waals surface area contributed by atoms with E-state index < -0.39 is 35.8 Å². The summed E-state index contributed by atoms with van der Waals surface area (Å²) in [6, 6.07) is 0. The number of carbonyl (C=O) groups is 3. The Morgan fingerprint density at radius 2 is 2.00 bits per heavy atom. The van der Waals surface area contributed by atoms with Gasteiger partial charge in [-0.25, -0.2) is 13.9 Å². The lowest BCUT2D eigenvalue weighted by atomic mass is 9.91. The molecule has 0 aromatic carbocycles. The summed E-state index contributed by atoms with van der Waals surface area (Å²) in [6.45, 7) is 18.9. The van der Waals surface area contributed by atoms with Crippen LogP contribution in [-0.4, -0.2) is 63.1 Å². The Kier molecular flexibility index (Phi) is 14.7. The highest BCUT2D eigenvalue weighted by molar-refractivity contribution is 6.14. The number of carboxylic acids is 1. The molecule has 0 bridgehead atoms. The van der Waals surface area contributed by atoms with Crippen LogP contribution in [0.5, 0.6) is 0 Å². The topological polar surface area (TPSA) is 155 Å². The maximum Gasteiger partial charge on any atom is 0.327 e. The molecule has 0 fully saturated rings. The molecular formula is C34H44FN5O6. The molecule has 46 heavy (non-hydrogen) atoms. The van der Waals surface area contributed by atoms with Crippen molar-refractivity contribution in [1.82, 2.24) is 25.7 Å². The highest BCUT2D eigenvalue weighted by Gasteiger charge is 2.24. The summed E-state index contributed by atoms with van der Waals surface area (Å²) in [6.07, 6.45) is 12.7. The molecule has 1 aliphatic rings. The van der Waals surface area contributed by atoms with Crippen molar-refractivity contribution in [2.24, 2.45) is 11.8 Å². The Balaban J connectivity index is 2.22. The van der Waals surface area contributed by atoms with Crippen molar-refractivity contribution in [2.75, 3.05) is 13.1 Å². The number of ether oxygens (including phenoxy) is 1. The predicted octanol–water partition coefficient (Wildman–Crippen LogP) is 4.05. The van der Waals surface area contributed by atoms with Crippen LogP contribution >= 0.6 is 0 Å². The number of carbonyl (C=O) groups excluding carboxylic acids is 2. The van der Waals surface area contributed by atoms with Gasteiger partial charge in [-0.05, 0) is 62.8 Å². The van der Waals surface area contributed by atoms with E-state index >= 15 is 0 Å². The van der Waals surface area contributed by atoms with Crippen molar-refractivity contribution in [1.29, 1.82) is 0 Å². The molecule has 5 N–H and O–H groups in total. The lowest BCUT2D eigenvalue weighted by Crippen LogP contribution is -2.37. The van der Waals surface area contributed by atoms with Crippen LogP contribution in [-0.2, 0) is 19.1 Å². The molecule has 1 aliphatic heterocycles. The first-order chi connectivity index (χ1) is 21.8. The molecule has 248 valence electrons. The van der Waals surface area contributed by atoms with E-state index in [1.54, 1.807) is 26.0 Å². The van der Waals surface area contributed by atoms with Gasteiger partial charge in [0.05, 0.1) is 23.7 Å². The number of aliphatic hydroxyl groups is 1. The quantitative estimate of drug-likeness (QED) is 0.0918. The Hall–Kier alpha value is -4.97. The van der Waals surface area contributed by atoms with E-state index in [9.17, 15) is 23.9 Å². The van der Waals surface area contributed by atoms with Crippen molar-refractivity contribution in [2.45, 2.75) is 52.7 Å². The number of rotatable bonds is 18. The SMILES string of the molecule is C=CCC(CNC(=O)/C(=C/C(=C)C(=C)NCC(/C=C\C)=C/C1=COC(C)C(=O)N1)n1ncc(F)c1C)[C@H](O)CC(C)/C=C/C(=O)O. The molecule has 1 aromatic rings. The van der Waals surface area contributed by atoms with E-state index in [0.29, 0.717) is 23.4 Å². The first kappa shape index (κ1) is 37.2. The van der Waals surface area contributed by atoms with Gasteiger partial charge in [-0.1, -0.05) is 44.4 Å². The smallest absolute Gasteiger partial charge is 0.327 e. The van der Waals surface area contributed by atoms with Crippen molar-refractivity contribution >= 4 is 23.5 Å². The highest BCUT2D eigenvalue weighted by atomic mass is 19.1. The minimum absolute atomic E-state index is 0.0236. The van der Waals surface area contributed by atoms with Gasteiger partial charge in [-0.15, -0.1) is 6.58 Å². The fourth-order valence-corrected chi connectivity index (χ4v) is 4.39. The Labute approximate surface area is 269 Å². The minimum Gasteiger partial charge on any atom is -0.486 e. The summed E-state index contributed by atoms with van der Waals surface area (Å²) in [5.74, 6) is -3.18. The summed E-state index contributed by atoms with van der Waals surface area (Å²) in [4.78, 5) is 36.3. The van der Waals surface area contributed by atoms with E-state index in [1.165, 1.54) is 25.3 Å². The number of aromatic nitrogens is 2. The van der Waals surface area contributed by atoms with Gasteiger partial charge < -0.3 is 30.9 Å². The lowest BCUT2D eigenvalue weighted by molar-refractivity contribution is -0.131. The molecule has 12 heteroatoms. The zero-order valence-corrected chi connectivity index (χ0v) is 26.8. The van der Waals surface area contributed by atoms with Crippen molar-refractivity contribution in [3.05, 3.63) is 109 Å². The van der Waals surface area contributed by atoms with Gasteiger partial charge >= 0.3 is 5.97 Å². The first-order valence-electron chi connectivity index (χ1n) is 14.8. The minimum atomic E-state index is -1.08. The highest BCUT2D eigenvalue weighted by Crippen LogP contribution is 2.20. The molecule has 2 amide bonds. The van der Waals surface area contributed by atoms with Crippen LogP contribution < -0.4 is 16.0 Å². The molecular weight excluding hydrogens is 593 g/mol. The maximum atomic E-state index is 14.3. The van der Waals surface area contributed by atoms with Crippen molar-refractivity contribution in [3.63, 3.8) is 0 Å². The second-order valence-electron chi connectivity index (χ2n) is 10.9. The van der Waals surface area contributed by atoms with Crippen LogP contribution in [0, 0.1) is 24.6 Å². The molecule has 0 radical (unpaired) electrons. The fourth-order valence-electron chi connectivity index (χ4n) is 4.39. The first-order valence-corrected chi connectivity index (χ1v) is 14.8. The van der Waals surface area contributed by atoms with Crippen LogP contribution in [0.4, 0.5) is 4.39 Å². The number of halogens is 1. The third kappa shape index (κ3) is 11.5. The van der Waals surface area contributed by atoms with E-state index in [-0.39, 0.29) is 42.7 Å². The van der Waals surface area contributed by atoms with Gasteiger partial charge in [0.15, 0.2) is 11.9 Å². The number of hydrogen-bond acceptors (Lipinski definition) is 7. The second kappa shape index (κ2) is 18.1. The van der Waals surface area contributed by atoms with E-state index in [4.69, 9.17) is 9.84 Å². The summed E-state index contributed by atoms with van der Waals surface area (Å²) >= 11 is 0. The number of allylic oxidation sites excluding steroid dienone is 5. The van der Waals surface area contributed by atoms with Gasteiger partial charge in [0, 0.05) is 30.8 Å². The maximum absolute atomic E-state index is 14.3. The molecule has 3 unspecified atom stereocenters. The Morgan fingerprint density at radius 3 is 2.59 bits per heavy atom.